The molecule has 1 fully saturated rings. The third-order valence-corrected chi connectivity index (χ3v) is 5.46. The number of esters is 1. The molecule has 1 aliphatic rings. The number of carbonyl (C=O) groups is 3. The van der Waals surface area contributed by atoms with Crippen molar-refractivity contribution in [3.63, 3.8) is 0 Å². The van der Waals surface area contributed by atoms with Crippen molar-refractivity contribution in [1.82, 2.24) is 20.0 Å². The Morgan fingerprint density at radius 1 is 1.06 bits per heavy atom. The Kier molecular flexibility index (Phi) is 7.81. The Balaban J connectivity index is 1.54. The molecule has 0 saturated carbocycles. The number of aromatic nitrogens is 2. The maximum atomic E-state index is 12.4. The predicted molar refractivity (Wildman–Crippen MR) is 116 cm³/mol. The Bertz CT molecular complexity index is 912. The van der Waals surface area contributed by atoms with Crippen molar-refractivity contribution in [3.05, 3.63) is 47.3 Å². The Labute approximate surface area is 182 Å². The maximum absolute atomic E-state index is 12.4. The van der Waals surface area contributed by atoms with Crippen molar-refractivity contribution >= 4 is 17.8 Å². The van der Waals surface area contributed by atoms with Crippen molar-refractivity contribution in [3.8, 4) is 5.69 Å². The highest BCUT2D eigenvalue weighted by molar-refractivity contribution is 5.94. The van der Waals surface area contributed by atoms with E-state index in [1.54, 1.807) is 42.8 Å². The summed E-state index contributed by atoms with van der Waals surface area (Å²) in [6, 6.07) is 6.94. The van der Waals surface area contributed by atoms with Crippen LogP contribution in [0.3, 0.4) is 0 Å². The molecule has 2 heterocycles. The average Bonchev–Trinajstić information content (AvgIpc) is 2.97. The van der Waals surface area contributed by atoms with Gasteiger partial charge in [0.2, 0.25) is 5.91 Å². The number of hydrogen-bond acceptors (Lipinski definition) is 5. The quantitative estimate of drug-likeness (QED) is 0.687. The number of amides is 2. The van der Waals surface area contributed by atoms with E-state index in [9.17, 15) is 14.4 Å². The molecule has 0 bridgehead atoms. The predicted octanol–water partition coefficient (Wildman–Crippen LogP) is 2.88. The van der Waals surface area contributed by atoms with Gasteiger partial charge in [-0.05, 0) is 51.0 Å². The van der Waals surface area contributed by atoms with Crippen molar-refractivity contribution in [2.75, 3.05) is 26.2 Å². The smallest absolute Gasteiger partial charge is 0.341 e. The topological polar surface area (TPSA) is 93.5 Å². The van der Waals surface area contributed by atoms with Crippen molar-refractivity contribution in [1.29, 1.82) is 0 Å². The SMILES string of the molecule is CCOC(=O)c1cnn(-c2ccc(C(=O)NCCC(=O)N3CCCCCC3)cc2)c1C. The number of benzene rings is 1. The summed E-state index contributed by atoms with van der Waals surface area (Å²) in [5.41, 5.74) is 2.32. The van der Waals surface area contributed by atoms with Gasteiger partial charge in [-0.15, -0.1) is 0 Å². The second-order valence-corrected chi connectivity index (χ2v) is 7.62. The van der Waals surface area contributed by atoms with E-state index in [-0.39, 0.29) is 11.8 Å². The summed E-state index contributed by atoms with van der Waals surface area (Å²) in [5, 5.41) is 7.08. The monoisotopic (exact) mass is 426 g/mol. The molecular formula is C23H30N4O4. The summed E-state index contributed by atoms with van der Waals surface area (Å²) in [4.78, 5) is 38.6. The summed E-state index contributed by atoms with van der Waals surface area (Å²) >= 11 is 0. The lowest BCUT2D eigenvalue weighted by Crippen LogP contribution is -2.35. The Morgan fingerprint density at radius 3 is 2.39 bits per heavy atom. The molecule has 0 atom stereocenters. The molecule has 3 rings (SSSR count). The molecule has 0 unspecified atom stereocenters. The van der Waals surface area contributed by atoms with Crippen LogP contribution in [0.4, 0.5) is 0 Å². The first kappa shape index (κ1) is 22.5. The molecule has 1 N–H and O–H groups in total. The lowest BCUT2D eigenvalue weighted by Gasteiger charge is -2.20. The van der Waals surface area contributed by atoms with Crippen LogP contribution in [-0.2, 0) is 9.53 Å². The number of likely N-dealkylation sites (tertiary alicyclic amines) is 1. The van der Waals surface area contributed by atoms with Crippen LogP contribution in [0.5, 0.6) is 0 Å². The minimum absolute atomic E-state index is 0.101. The highest BCUT2D eigenvalue weighted by Gasteiger charge is 2.17. The largest absolute Gasteiger partial charge is 0.462 e. The number of nitrogens with one attached hydrogen (secondary N) is 1. The number of ether oxygens (including phenoxy) is 1. The third-order valence-electron chi connectivity index (χ3n) is 5.46. The van der Waals surface area contributed by atoms with Gasteiger partial charge in [0.15, 0.2) is 0 Å². The van der Waals surface area contributed by atoms with Crippen LogP contribution < -0.4 is 5.32 Å². The van der Waals surface area contributed by atoms with Gasteiger partial charge in [-0.1, -0.05) is 12.8 Å². The zero-order valence-electron chi connectivity index (χ0n) is 18.2. The Hall–Kier alpha value is -3.16. The van der Waals surface area contributed by atoms with E-state index >= 15 is 0 Å². The van der Waals surface area contributed by atoms with Crippen LogP contribution in [0.2, 0.25) is 0 Å². The molecule has 31 heavy (non-hydrogen) atoms. The molecule has 2 aromatic rings. The summed E-state index contributed by atoms with van der Waals surface area (Å²) in [6.45, 7) is 5.80. The molecule has 8 nitrogen and oxygen atoms in total. The van der Waals surface area contributed by atoms with Gasteiger partial charge in [0.25, 0.3) is 5.91 Å². The molecule has 0 aliphatic carbocycles. The minimum Gasteiger partial charge on any atom is -0.462 e. The third kappa shape index (κ3) is 5.71. The van der Waals surface area contributed by atoms with E-state index in [1.807, 2.05) is 4.90 Å². The average molecular weight is 427 g/mol. The van der Waals surface area contributed by atoms with Crippen LogP contribution >= 0.6 is 0 Å². The first-order valence-electron chi connectivity index (χ1n) is 10.9. The van der Waals surface area contributed by atoms with Crippen molar-refractivity contribution in [2.24, 2.45) is 0 Å². The van der Waals surface area contributed by atoms with E-state index < -0.39 is 5.97 Å². The highest BCUT2D eigenvalue weighted by Crippen LogP contribution is 2.16. The van der Waals surface area contributed by atoms with E-state index in [0.717, 1.165) is 31.6 Å². The van der Waals surface area contributed by atoms with Crippen molar-refractivity contribution in [2.45, 2.75) is 46.0 Å². The van der Waals surface area contributed by atoms with Crippen LogP contribution in [0, 0.1) is 6.92 Å². The number of rotatable bonds is 7. The molecule has 1 aliphatic heterocycles. The van der Waals surface area contributed by atoms with E-state index in [1.165, 1.54) is 19.0 Å². The fourth-order valence-corrected chi connectivity index (χ4v) is 3.70. The van der Waals surface area contributed by atoms with Crippen LogP contribution in [0.25, 0.3) is 5.69 Å². The molecule has 166 valence electrons. The number of carbonyl (C=O) groups excluding carboxylic acids is 3. The molecule has 1 aromatic carbocycles. The molecule has 1 aromatic heterocycles. The first-order chi connectivity index (χ1) is 15.0. The molecule has 0 spiro atoms. The van der Waals surface area contributed by atoms with Crippen molar-refractivity contribution < 1.29 is 19.1 Å². The second-order valence-electron chi connectivity index (χ2n) is 7.62. The molecule has 0 radical (unpaired) electrons. The summed E-state index contributed by atoms with van der Waals surface area (Å²) in [6.07, 6.45) is 6.27. The number of nitrogens with zero attached hydrogens (tertiary/aromatic N) is 3. The van der Waals surface area contributed by atoms with E-state index in [0.29, 0.717) is 36.4 Å². The van der Waals surface area contributed by atoms with Gasteiger partial charge in [-0.25, -0.2) is 9.48 Å². The molecular weight excluding hydrogens is 396 g/mol. The fraction of sp³-hybridized carbons (Fsp3) is 0.478. The maximum Gasteiger partial charge on any atom is 0.341 e. The van der Waals surface area contributed by atoms with Gasteiger partial charge in [0, 0.05) is 31.6 Å². The van der Waals surface area contributed by atoms with E-state index in [2.05, 4.69) is 10.4 Å². The lowest BCUT2D eigenvalue weighted by molar-refractivity contribution is -0.131. The number of hydrogen-bond donors (Lipinski definition) is 1. The fourth-order valence-electron chi connectivity index (χ4n) is 3.70. The van der Waals surface area contributed by atoms with Crippen LogP contribution in [0.1, 0.15) is 65.4 Å². The highest BCUT2D eigenvalue weighted by atomic mass is 16.5. The lowest BCUT2D eigenvalue weighted by atomic mass is 10.2. The van der Waals surface area contributed by atoms with Crippen LogP contribution in [-0.4, -0.2) is 58.7 Å². The summed E-state index contributed by atoms with van der Waals surface area (Å²) in [7, 11) is 0. The second kappa shape index (κ2) is 10.7. The normalized spacial score (nSPS) is 14.1. The van der Waals surface area contributed by atoms with Gasteiger partial charge < -0.3 is 15.0 Å². The van der Waals surface area contributed by atoms with Crippen LogP contribution in [0.15, 0.2) is 30.5 Å². The zero-order chi connectivity index (χ0) is 22.2. The minimum atomic E-state index is -0.406. The first-order valence-corrected chi connectivity index (χ1v) is 10.9. The summed E-state index contributed by atoms with van der Waals surface area (Å²) < 4.78 is 6.67. The Morgan fingerprint density at radius 2 is 1.74 bits per heavy atom. The van der Waals surface area contributed by atoms with Gasteiger partial charge in [0.05, 0.1) is 24.2 Å². The van der Waals surface area contributed by atoms with Gasteiger partial charge in [0.1, 0.15) is 5.56 Å². The van der Waals surface area contributed by atoms with Gasteiger partial charge in [-0.2, -0.15) is 5.10 Å². The molecule has 8 heteroatoms. The van der Waals surface area contributed by atoms with E-state index in [4.69, 9.17) is 4.74 Å². The van der Waals surface area contributed by atoms with Gasteiger partial charge >= 0.3 is 5.97 Å². The molecule has 2 amide bonds. The van der Waals surface area contributed by atoms with Gasteiger partial charge in [-0.3, -0.25) is 9.59 Å². The standard InChI is InChI=1S/C23H30N4O4/c1-3-31-23(30)20-16-25-27(17(20)2)19-10-8-18(9-11-19)22(29)24-13-12-21(28)26-14-6-4-5-7-15-26/h8-11,16H,3-7,12-15H2,1-2H3,(H,24,29). The summed E-state index contributed by atoms with van der Waals surface area (Å²) in [5.74, 6) is -0.527. The molecule has 1 saturated heterocycles. The zero-order valence-corrected chi connectivity index (χ0v) is 18.2.